The fourth-order valence-electron chi connectivity index (χ4n) is 4.08. The fourth-order valence-corrected chi connectivity index (χ4v) is 5.48. The number of hydrogen-bond donors (Lipinski definition) is 0. The second-order valence-electron chi connectivity index (χ2n) is 7.76. The highest BCUT2D eigenvalue weighted by molar-refractivity contribution is 14.1. The van der Waals surface area contributed by atoms with Crippen LogP contribution in [0.2, 0.25) is 10.0 Å². The lowest BCUT2D eigenvalue weighted by molar-refractivity contribution is -0.124. The van der Waals surface area contributed by atoms with Gasteiger partial charge in [-0.15, -0.1) is 0 Å². The first kappa shape index (κ1) is 21.4. The first-order chi connectivity index (χ1) is 15.4. The van der Waals surface area contributed by atoms with Gasteiger partial charge in [-0.25, -0.2) is 19.9 Å². The van der Waals surface area contributed by atoms with Crippen molar-refractivity contribution in [2.24, 2.45) is 0 Å². The van der Waals surface area contributed by atoms with Crippen LogP contribution >= 0.6 is 45.8 Å². The van der Waals surface area contributed by atoms with Crippen molar-refractivity contribution in [3.05, 3.63) is 86.7 Å². The molecule has 0 radical (unpaired) electrons. The average Bonchev–Trinajstić information content (AvgIpc) is 3.25. The Kier molecular flexibility index (Phi) is 5.43. The fraction of sp³-hybridized carbons (Fsp3) is 0.130. The summed E-state index contributed by atoms with van der Waals surface area (Å²) in [5.74, 6) is 0.468. The molecule has 4 aromatic rings. The number of imidazole rings is 1. The van der Waals surface area contributed by atoms with E-state index in [4.69, 9.17) is 23.2 Å². The summed E-state index contributed by atoms with van der Waals surface area (Å²) in [6.45, 7) is 1.94. The van der Waals surface area contributed by atoms with Gasteiger partial charge in [0.05, 0.1) is 11.9 Å². The average molecular weight is 576 g/mol. The van der Waals surface area contributed by atoms with E-state index in [1.807, 2.05) is 35.8 Å². The van der Waals surface area contributed by atoms with Crippen molar-refractivity contribution in [2.45, 2.75) is 18.9 Å². The third-order valence-corrected chi connectivity index (χ3v) is 6.76. The third kappa shape index (κ3) is 3.58. The third-order valence-electron chi connectivity index (χ3n) is 5.56. The van der Waals surface area contributed by atoms with Crippen LogP contribution < -0.4 is 4.90 Å². The smallest absolute Gasteiger partial charge is 0.260 e. The van der Waals surface area contributed by atoms with Crippen LogP contribution in [0, 0.1) is 3.70 Å². The van der Waals surface area contributed by atoms with Gasteiger partial charge in [-0.1, -0.05) is 47.5 Å². The normalized spacial score (nSPS) is 17.6. The molecule has 0 aliphatic carbocycles. The number of carbonyl (C=O) groups excluding carboxylic acids is 1. The highest BCUT2D eigenvalue weighted by Crippen LogP contribution is 2.43. The number of amides is 1. The summed E-state index contributed by atoms with van der Waals surface area (Å²) in [4.78, 5) is 28.0. The minimum absolute atomic E-state index is 0.0858. The largest absolute Gasteiger partial charge is 0.289 e. The molecule has 2 aromatic carbocycles. The van der Waals surface area contributed by atoms with Crippen molar-refractivity contribution >= 4 is 63.3 Å². The van der Waals surface area contributed by atoms with Crippen LogP contribution in [0.15, 0.2) is 67.4 Å². The van der Waals surface area contributed by atoms with Crippen LogP contribution in [-0.2, 0) is 16.8 Å². The van der Waals surface area contributed by atoms with E-state index in [-0.39, 0.29) is 5.91 Å². The molecule has 160 valence electrons. The summed E-state index contributed by atoms with van der Waals surface area (Å²) >= 11 is 14.6. The molecule has 1 aliphatic heterocycles. The summed E-state index contributed by atoms with van der Waals surface area (Å²) < 4.78 is 2.85. The summed E-state index contributed by atoms with van der Waals surface area (Å²) in [5.41, 5.74) is 2.74. The number of hydrogen-bond acceptors (Lipinski definition) is 4. The molecule has 0 unspecified atom stereocenters. The summed E-state index contributed by atoms with van der Waals surface area (Å²) in [6, 6.07) is 13.2. The summed E-state index contributed by atoms with van der Waals surface area (Å²) in [5, 5.41) is 0.921. The number of benzene rings is 2. The van der Waals surface area contributed by atoms with E-state index in [2.05, 4.69) is 37.5 Å². The van der Waals surface area contributed by atoms with Gasteiger partial charge in [0.25, 0.3) is 5.91 Å². The molecule has 1 atom stereocenters. The highest BCUT2D eigenvalue weighted by Gasteiger charge is 2.50. The van der Waals surface area contributed by atoms with Crippen molar-refractivity contribution in [1.82, 2.24) is 19.5 Å². The van der Waals surface area contributed by atoms with Crippen molar-refractivity contribution < 1.29 is 4.79 Å². The predicted octanol–water partition coefficient (Wildman–Crippen LogP) is 5.89. The molecule has 0 N–H and O–H groups in total. The molecule has 3 heterocycles. The molecule has 1 aliphatic rings. The number of rotatable bonds is 4. The van der Waals surface area contributed by atoms with Crippen molar-refractivity contribution in [3.8, 4) is 11.1 Å². The molecular weight excluding hydrogens is 560 g/mol. The zero-order valence-corrected chi connectivity index (χ0v) is 20.5. The van der Waals surface area contributed by atoms with Gasteiger partial charge < -0.3 is 0 Å². The maximum Gasteiger partial charge on any atom is 0.260 e. The minimum Gasteiger partial charge on any atom is -0.289 e. The Morgan fingerprint density at radius 3 is 2.28 bits per heavy atom. The molecule has 2 aromatic heterocycles. The lowest BCUT2D eigenvalue weighted by Gasteiger charge is -2.26. The second-order valence-corrected chi connectivity index (χ2v) is 9.74. The number of carbonyl (C=O) groups is 1. The van der Waals surface area contributed by atoms with Crippen LogP contribution in [0.3, 0.4) is 0 Å². The van der Waals surface area contributed by atoms with Gasteiger partial charge >= 0.3 is 0 Å². The predicted molar refractivity (Wildman–Crippen MR) is 133 cm³/mol. The van der Waals surface area contributed by atoms with Gasteiger partial charge in [0.1, 0.15) is 15.6 Å². The molecule has 6 nitrogen and oxygen atoms in total. The van der Waals surface area contributed by atoms with Gasteiger partial charge in [-0.2, -0.15) is 0 Å². The SMILES string of the molecule is C[C@@]1(Cc2ccc(-c3cncnc3)cc2)C(=O)N(c2cc(Cl)cc(Cl)c2)c2ncc(I)n21. The first-order valence-corrected chi connectivity index (χ1v) is 11.6. The molecule has 1 amide bonds. The number of aromatic nitrogens is 4. The quantitative estimate of drug-likeness (QED) is 0.285. The molecule has 0 fully saturated rings. The molecule has 0 bridgehead atoms. The van der Waals surface area contributed by atoms with Crippen LogP contribution in [0.1, 0.15) is 12.5 Å². The number of fused-ring (bicyclic) bond motifs is 1. The van der Waals surface area contributed by atoms with Crippen LogP contribution in [0.4, 0.5) is 11.6 Å². The van der Waals surface area contributed by atoms with Gasteiger partial charge in [0.2, 0.25) is 5.95 Å². The van der Waals surface area contributed by atoms with Crippen molar-refractivity contribution in [1.29, 1.82) is 0 Å². The molecular formula is C23H16Cl2IN5O. The number of halogens is 3. The Hall–Kier alpha value is -2.49. The van der Waals surface area contributed by atoms with E-state index >= 15 is 0 Å². The zero-order valence-electron chi connectivity index (χ0n) is 16.8. The second kappa shape index (κ2) is 8.13. The van der Waals surface area contributed by atoms with E-state index in [0.717, 1.165) is 20.4 Å². The Balaban J connectivity index is 1.52. The zero-order chi connectivity index (χ0) is 22.5. The Morgan fingerprint density at radius 1 is 0.969 bits per heavy atom. The molecule has 0 saturated heterocycles. The van der Waals surface area contributed by atoms with Crippen molar-refractivity contribution in [2.75, 3.05) is 4.90 Å². The van der Waals surface area contributed by atoms with E-state index in [1.54, 1.807) is 41.7 Å². The van der Waals surface area contributed by atoms with Crippen LogP contribution in [0.25, 0.3) is 11.1 Å². The standard InChI is InChI=1S/C23H16Cl2IN5O/c1-23(9-14-2-4-15(5-3-14)16-10-27-13-28-11-16)21(32)30(22-29-12-20(26)31(22)23)19-7-17(24)6-18(25)8-19/h2-8,10-13H,9H2,1H3/t23-/m1/s1. The molecule has 5 rings (SSSR count). The number of anilines is 2. The van der Waals surface area contributed by atoms with Gasteiger partial charge in [0, 0.05) is 34.4 Å². The van der Waals surface area contributed by atoms with Gasteiger partial charge in [-0.3, -0.25) is 9.36 Å². The lowest BCUT2D eigenvalue weighted by atomic mass is 9.91. The molecule has 32 heavy (non-hydrogen) atoms. The van der Waals surface area contributed by atoms with E-state index in [1.165, 1.54) is 6.33 Å². The van der Waals surface area contributed by atoms with E-state index < -0.39 is 5.54 Å². The first-order valence-electron chi connectivity index (χ1n) is 9.75. The minimum atomic E-state index is -0.853. The van der Waals surface area contributed by atoms with Crippen LogP contribution in [-0.4, -0.2) is 25.4 Å². The summed E-state index contributed by atoms with van der Waals surface area (Å²) in [6.07, 6.45) is 7.32. The molecule has 0 saturated carbocycles. The van der Waals surface area contributed by atoms with Crippen molar-refractivity contribution in [3.63, 3.8) is 0 Å². The topological polar surface area (TPSA) is 63.9 Å². The monoisotopic (exact) mass is 575 g/mol. The van der Waals surface area contributed by atoms with E-state index in [9.17, 15) is 4.79 Å². The Bertz CT molecular complexity index is 1310. The maximum absolute atomic E-state index is 13.8. The maximum atomic E-state index is 13.8. The Morgan fingerprint density at radius 2 is 1.62 bits per heavy atom. The Labute approximate surface area is 208 Å². The highest BCUT2D eigenvalue weighted by atomic mass is 127. The van der Waals surface area contributed by atoms with E-state index in [0.29, 0.717) is 28.1 Å². The molecule has 9 heteroatoms. The lowest BCUT2D eigenvalue weighted by Crippen LogP contribution is -2.41. The molecule has 0 spiro atoms. The van der Waals surface area contributed by atoms with Crippen LogP contribution in [0.5, 0.6) is 0 Å². The number of nitrogens with zero attached hydrogens (tertiary/aromatic N) is 5. The van der Waals surface area contributed by atoms with Gasteiger partial charge in [0.15, 0.2) is 0 Å². The summed E-state index contributed by atoms with van der Waals surface area (Å²) in [7, 11) is 0. The van der Waals surface area contributed by atoms with Gasteiger partial charge in [-0.05, 0) is 58.8 Å².